The average molecular weight is 248 g/mol. The Morgan fingerprint density at radius 2 is 1.12 bits per heavy atom. The summed E-state index contributed by atoms with van der Waals surface area (Å²) in [5, 5.41) is -4.58. The normalized spacial score (nSPS) is 14.2. The molecule has 0 N–H and O–H groups in total. The zero-order valence-corrected chi connectivity index (χ0v) is 7.63. The van der Waals surface area contributed by atoms with E-state index >= 15 is 0 Å². The molecule has 0 atom stereocenters. The van der Waals surface area contributed by atoms with Crippen molar-refractivity contribution in [1.82, 2.24) is 0 Å². The third-order valence-corrected chi connectivity index (χ3v) is 5.01. The van der Waals surface area contributed by atoms with E-state index in [1.807, 2.05) is 0 Å². The molecule has 0 saturated carbocycles. The van der Waals surface area contributed by atoms with Crippen LogP contribution in [0.15, 0.2) is 0 Å². The molecular formula is CCl3F3Ge. The van der Waals surface area contributed by atoms with Gasteiger partial charge in [0.15, 0.2) is 0 Å². The van der Waals surface area contributed by atoms with Gasteiger partial charge in [-0.1, -0.05) is 0 Å². The molecule has 0 aromatic carbocycles. The van der Waals surface area contributed by atoms with Gasteiger partial charge >= 0.3 is 58.7 Å². The Bertz CT molecular complexity index is 69.5. The molecule has 7 heteroatoms. The molecule has 0 aliphatic rings. The van der Waals surface area contributed by atoms with Crippen molar-refractivity contribution in [2.45, 2.75) is 5.01 Å². The molecule has 0 spiro atoms. The van der Waals surface area contributed by atoms with Crippen LogP contribution < -0.4 is 0 Å². The van der Waals surface area contributed by atoms with Crippen molar-refractivity contribution in [2.24, 2.45) is 0 Å². The Kier molecular flexibility index (Phi) is 2.81. The molecule has 50 valence electrons. The Balaban J connectivity index is 4.02. The van der Waals surface area contributed by atoms with Crippen LogP contribution in [0.25, 0.3) is 0 Å². The third-order valence-electron chi connectivity index (χ3n) is 0.321. The second-order valence-corrected chi connectivity index (χ2v) is 16.1. The van der Waals surface area contributed by atoms with Gasteiger partial charge in [0.05, 0.1) is 0 Å². The van der Waals surface area contributed by atoms with Crippen LogP contribution in [0.1, 0.15) is 0 Å². The van der Waals surface area contributed by atoms with Gasteiger partial charge in [-0.3, -0.25) is 0 Å². The van der Waals surface area contributed by atoms with Crippen molar-refractivity contribution in [3.63, 3.8) is 0 Å². The Morgan fingerprint density at radius 3 is 1.12 bits per heavy atom. The number of alkyl halides is 3. The molecule has 0 bridgehead atoms. The molecule has 0 fully saturated rings. The predicted octanol–water partition coefficient (Wildman–Crippen LogP) is 2.74. The van der Waals surface area contributed by atoms with Crippen LogP contribution in [0.5, 0.6) is 0 Å². The van der Waals surface area contributed by atoms with E-state index in [0.717, 1.165) is 0 Å². The molecule has 8 heavy (non-hydrogen) atoms. The maximum absolute atomic E-state index is 11.2. The summed E-state index contributed by atoms with van der Waals surface area (Å²) in [6.07, 6.45) is 0. The first-order chi connectivity index (χ1) is 3.25. The van der Waals surface area contributed by atoms with Crippen LogP contribution in [-0.2, 0) is 0 Å². The van der Waals surface area contributed by atoms with E-state index in [1.165, 1.54) is 0 Å². The molecule has 0 aromatic heterocycles. The minimum atomic E-state index is -4.90. The van der Waals surface area contributed by atoms with Crippen LogP contribution in [0.2, 0.25) is 0 Å². The van der Waals surface area contributed by atoms with Gasteiger partial charge < -0.3 is 0 Å². The van der Waals surface area contributed by atoms with E-state index < -0.39 is 15.5 Å². The van der Waals surface area contributed by atoms with Crippen molar-refractivity contribution in [1.29, 1.82) is 0 Å². The first-order valence-corrected chi connectivity index (χ1v) is 10.7. The van der Waals surface area contributed by atoms with E-state index in [-0.39, 0.29) is 0 Å². The van der Waals surface area contributed by atoms with Crippen LogP contribution in [0.4, 0.5) is 13.2 Å². The molecule has 0 aromatic rings. The van der Waals surface area contributed by atoms with Gasteiger partial charge in [-0.25, -0.2) is 0 Å². The van der Waals surface area contributed by atoms with Gasteiger partial charge in [-0.05, 0) is 0 Å². The van der Waals surface area contributed by atoms with E-state index in [0.29, 0.717) is 0 Å². The first-order valence-electron chi connectivity index (χ1n) is 1.38. The quantitative estimate of drug-likeness (QED) is 0.578. The van der Waals surface area contributed by atoms with Gasteiger partial charge in [-0.2, -0.15) is 0 Å². The van der Waals surface area contributed by atoms with Crippen LogP contribution in [0, 0.1) is 0 Å². The van der Waals surface area contributed by atoms with E-state index in [4.69, 9.17) is 0 Å². The van der Waals surface area contributed by atoms with Crippen molar-refractivity contribution >= 4 is 40.5 Å². The minimum absolute atomic E-state index is 4.58. The van der Waals surface area contributed by atoms with Crippen molar-refractivity contribution in [3.05, 3.63) is 0 Å². The van der Waals surface area contributed by atoms with E-state index in [9.17, 15) is 13.2 Å². The fraction of sp³-hybridized carbons (Fsp3) is 1.00. The summed E-state index contributed by atoms with van der Waals surface area (Å²) in [5.74, 6) is 0. The summed E-state index contributed by atoms with van der Waals surface area (Å²) in [6, 6.07) is 0. The molecule has 0 aliphatic heterocycles. The first kappa shape index (κ1) is 9.20. The van der Waals surface area contributed by atoms with Gasteiger partial charge in [0.25, 0.3) is 0 Å². The van der Waals surface area contributed by atoms with Crippen molar-refractivity contribution in [3.8, 4) is 0 Å². The summed E-state index contributed by atoms with van der Waals surface area (Å²) in [7, 11) is 8.91. The van der Waals surface area contributed by atoms with Crippen molar-refractivity contribution in [2.75, 3.05) is 0 Å². The zero-order valence-electron chi connectivity index (χ0n) is 3.27. The SMILES string of the molecule is F[C](F)(F)[Ge]([Cl])([Cl])[Cl]. The number of hydrogen-bond acceptors (Lipinski definition) is 0. The second kappa shape index (κ2) is 2.44. The van der Waals surface area contributed by atoms with Gasteiger partial charge in [0.2, 0.25) is 0 Å². The molecule has 0 unspecified atom stereocenters. The molecule has 0 rings (SSSR count). The summed E-state index contributed by atoms with van der Waals surface area (Å²) in [5.41, 5.74) is 0. The Morgan fingerprint density at radius 1 is 1.00 bits per heavy atom. The van der Waals surface area contributed by atoms with Crippen LogP contribution in [0.3, 0.4) is 0 Å². The van der Waals surface area contributed by atoms with E-state index in [1.54, 1.807) is 0 Å². The number of hydrogen-bond donors (Lipinski definition) is 0. The van der Waals surface area contributed by atoms with Crippen LogP contribution >= 0.6 is 30.0 Å². The molecule has 0 saturated heterocycles. The van der Waals surface area contributed by atoms with Gasteiger partial charge in [-0.15, -0.1) is 0 Å². The summed E-state index contributed by atoms with van der Waals surface area (Å²) in [6.45, 7) is 0. The fourth-order valence-corrected chi connectivity index (χ4v) is 0. The Hall–Kier alpha value is 1.20. The standard InChI is InChI=1S/CCl3F3Ge/c2-8(3,4)1(5,6)7. The number of halogens is 6. The average Bonchev–Trinajstić information content (AvgIpc) is 1.25. The van der Waals surface area contributed by atoms with Gasteiger partial charge in [0, 0.05) is 0 Å². The molecule has 0 amide bonds. The van der Waals surface area contributed by atoms with Crippen LogP contribution in [-0.4, -0.2) is 15.5 Å². The summed E-state index contributed by atoms with van der Waals surface area (Å²) >= 11 is 0. The summed E-state index contributed by atoms with van der Waals surface area (Å²) < 4.78 is 33.8. The third kappa shape index (κ3) is 2.66. The molecule has 0 nitrogen and oxygen atoms in total. The summed E-state index contributed by atoms with van der Waals surface area (Å²) in [4.78, 5) is 0. The number of rotatable bonds is 0. The predicted molar refractivity (Wildman–Crippen MR) is 29.4 cm³/mol. The monoisotopic (exact) mass is 248 g/mol. The zero-order chi connectivity index (χ0) is 7.00. The van der Waals surface area contributed by atoms with Crippen molar-refractivity contribution < 1.29 is 13.2 Å². The Labute approximate surface area is 58.8 Å². The fourth-order valence-electron chi connectivity index (χ4n) is 0. The maximum atomic E-state index is 11.2. The van der Waals surface area contributed by atoms with Gasteiger partial charge in [0.1, 0.15) is 0 Å². The second-order valence-electron chi connectivity index (χ2n) is 0.996. The molecular weight excluding hydrogens is 248 g/mol. The molecule has 0 heterocycles. The molecule has 0 radical (unpaired) electrons. The topological polar surface area (TPSA) is 0 Å². The molecule has 0 aliphatic carbocycles. The van der Waals surface area contributed by atoms with E-state index in [2.05, 4.69) is 30.0 Å².